The lowest BCUT2D eigenvalue weighted by atomic mass is 9.99. The van der Waals surface area contributed by atoms with E-state index in [1.54, 1.807) is 0 Å². The molecule has 1 fully saturated rings. The number of hydrogen-bond donors (Lipinski definition) is 1. The molecule has 7 nitrogen and oxygen atoms in total. The molecular formula is C18H27FN2O5S. The molecule has 0 unspecified atom stereocenters. The van der Waals surface area contributed by atoms with Gasteiger partial charge in [0.15, 0.2) is 0 Å². The maximum Gasteiger partial charge on any atom is 0.246 e. The highest BCUT2D eigenvalue weighted by Gasteiger charge is 2.35. The zero-order chi connectivity index (χ0) is 19.9. The SMILES string of the molecule is CCOCCCNC(=O)[C@@H]1CCCN(S(=O)(=O)c2cc(F)ccc2OC)C1. The monoisotopic (exact) mass is 402 g/mol. The van der Waals surface area contributed by atoms with Crippen LogP contribution in [0.15, 0.2) is 23.1 Å². The first-order chi connectivity index (χ1) is 12.9. The van der Waals surface area contributed by atoms with E-state index in [0.717, 1.165) is 12.1 Å². The molecular weight excluding hydrogens is 375 g/mol. The van der Waals surface area contributed by atoms with Crippen molar-refractivity contribution < 1.29 is 27.1 Å². The van der Waals surface area contributed by atoms with Gasteiger partial charge in [0, 0.05) is 32.8 Å². The second kappa shape index (κ2) is 10.0. The summed E-state index contributed by atoms with van der Waals surface area (Å²) in [7, 11) is -2.62. The standard InChI is InChI=1S/C18H27FN2O5S/c1-3-26-11-5-9-20-18(22)14-6-4-10-21(13-14)27(23,24)17-12-15(19)7-8-16(17)25-2/h7-8,12,14H,3-6,9-11,13H2,1-2H3,(H,20,22)/t14-/m1/s1. The van der Waals surface area contributed by atoms with Crippen molar-refractivity contribution in [3.05, 3.63) is 24.0 Å². The first-order valence-corrected chi connectivity index (χ1v) is 10.5. The molecule has 1 heterocycles. The van der Waals surface area contributed by atoms with E-state index in [1.807, 2.05) is 6.92 Å². The lowest BCUT2D eigenvalue weighted by Crippen LogP contribution is -2.45. The molecule has 1 aliphatic rings. The molecule has 27 heavy (non-hydrogen) atoms. The molecule has 0 spiro atoms. The maximum absolute atomic E-state index is 13.6. The highest BCUT2D eigenvalue weighted by atomic mass is 32.2. The third kappa shape index (κ3) is 5.63. The zero-order valence-electron chi connectivity index (χ0n) is 15.7. The molecule has 1 aromatic carbocycles. The first kappa shape index (κ1) is 21.6. The second-order valence-electron chi connectivity index (χ2n) is 6.34. The molecule has 152 valence electrons. The summed E-state index contributed by atoms with van der Waals surface area (Å²) in [5, 5.41) is 2.83. The lowest BCUT2D eigenvalue weighted by molar-refractivity contribution is -0.126. The minimum absolute atomic E-state index is 0.0687. The molecule has 1 amide bonds. The van der Waals surface area contributed by atoms with E-state index in [-0.39, 0.29) is 29.6 Å². The van der Waals surface area contributed by atoms with Crippen LogP contribution in [0.25, 0.3) is 0 Å². The van der Waals surface area contributed by atoms with Crippen molar-refractivity contribution >= 4 is 15.9 Å². The smallest absolute Gasteiger partial charge is 0.246 e. The zero-order valence-corrected chi connectivity index (χ0v) is 16.6. The predicted octanol–water partition coefficient (Wildman–Crippen LogP) is 1.78. The molecule has 0 bridgehead atoms. The summed E-state index contributed by atoms with van der Waals surface area (Å²) in [5.74, 6) is -1.17. The number of amides is 1. The van der Waals surface area contributed by atoms with Gasteiger partial charge in [-0.3, -0.25) is 4.79 Å². The number of sulfonamides is 1. The van der Waals surface area contributed by atoms with E-state index >= 15 is 0 Å². The summed E-state index contributed by atoms with van der Waals surface area (Å²) in [6.07, 6.45) is 1.88. The summed E-state index contributed by atoms with van der Waals surface area (Å²) < 4.78 is 51.0. The molecule has 1 N–H and O–H groups in total. The molecule has 0 radical (unpaired) electrons. The van der Waals surface area contributed by atoms with Crippen LogP contribution < -0.4 is 10.1 Å². The highest BCUT2D eigenvalue weighted by molar-refractivity contribution is 7.89. The Morgan fingerprint density at radius 1 is 1.41 bits per heavy atom. The summed E-state index contributed by atoms with van der Waals surface area (Å²) in [4.78, 5) is 12.1. The Morgan fingerprint density at radius 3 is 2.89 bits per heavy atom. The maximum atomic E-state index is 13.6. The van der Waals surface area contributed by atoms with Crippen molar-refractivity contribution in [1.29, 1.82) is 0 Å². The number of rotatable bonds is 9. The summed E-state index contributed by atoms with van der Waals surface area (Å²) >= 11 is 0. The molecule has 1 aliphatic heterocycles. The number of halogens is 1. The van der Waals surface area contributed by atoms with Gasteiger partial charge in [0.05, 0.1) is 13.0 Å². The number of benzene rings is 1. The van der Waals surface area contributed by atoms with E-state index in [2.05, 4.69) is 5.32 Å². The third-order valence-electron chi connectivity index (χ3n) is 4.47. The van der Waals surface area contributed by atoms with Crippen molar-refractivity contribution in [1.82, 2.24) is 9.62 Å². The number of hydrogen-bond acceptors (Lipinski definition) is 5. The van der Waals surface area contributed by atoms with E-state index in [1.165, 1.54) is 17.5 Å². The van der Waals surface area contributed by atoms with Crippen molar-refractivity contribution in [3.8, 4) is 5.75 Å². The van der Waals surface area contributed by atoms with Gasteiger partial charge in [-0.25, -0.2) is 12.8 Å². The number of methoxy groups -OCH3 is 1. The Labute approximate surface area is 159 Å². The van der Waals surface area contributed by atoms with Gasteiger partial charge in [-0.15, -0.1) is 0 Å². The molecule has 0 aromatic heterocycles. The van der Waals surface area contributed by atoms with Gasteiger partial charge in [0.1, 0.15) is 16.5 Å². The number of carbonyl (C=O) groups excluding carboxylic acids is 1. The van der Waals surface area contributed by atoms with Gasteiger partial charge in [-0.2, -0.15) is 4.31 Å². The second-order valence-corrected chi connectivity index (χ2v) is 8.25. The molecule has 1 saturated heterocycles. The molecule has 0 saturated carbocycles. The Balaban J connectivity index is 2.04. The number of nitrogens with one attached hydrogen (secondary N) is 1. The normalized spacial score (nSPS) is 18.3. The molecule has 2 rings (SSSR count). The Morgan fingerprint density at radius 2 is 2.19 bits per heavy atom. The quantitative estimate of drug-likeness (QED) is 0.637. The molecule has 0 aliphatic carbocycles. The van der Waals surface area contributed by atoms with Crippen LogP contribution in [0.1, 0.15) is 26.2 Å². The minimum Gasteiger partial charge on any atom is -0.495 e. The fraction of sp³-hybridized carbons (Fsp3) is 0.611. The number of carbonyl (C=O) groups is 1. The number of ether oxygens (including phenoxy) is 2. The van der Waals surface area contributed by atoms with Crippen LogP contribution in [0.4, 0.5) is 4.39 Å². The van der Waals surface area contributed by atoms with Crippen LogP contribution in [0.3, 0.4) is 0 Å². The van der Waals surface area contributed by atoms with Gasteiger partial charge >= 0.3 is 0 Å². The van der Waals surface area contributed by atoms with Crippen molar-refractivity contribution in [2.24, 2.45) is 5.92 Å². The summed E-state index contributed by atoms with van der Waals surface area (Å²) in [5.41, 5.74) is 0. The van der Waals surface area contributed by atoms with E-state index in [9.17, 15) is 17.6 Å². The minimum atomic E-state index is -3.96. The van der Waals surface area contributed by atoms with Gasteiger partial charge in [0.25, 0.3) is 0 Å². The van der Waals surface area contributed by atoms with Crippen LogP contribution in [0, 0.1) is 11.7 Å². The molecule has 1 atom stereocenters. The largest absolute Gasteiger partial charge is 0.495 e. The van der Waals surface area contributed by atoms with Gasteiger partial charge < -0.3 is 14.8 Å². The van der Waals surface area contributed by atoms with Crippen molar-refractivity contribution in [2.45, 2.75) is 31.1 Å². The van der Waals surface area contributed by atoms with Crippen LogP contribution in [0.2, 0.25) is 0 Å². The van der Waals surface area contributed by atoms with Crippen LogP contribution in [-0.2, 0) is 19.6 Å². The van der Waals surface area contributed by atoms with Gasteiger partial charge in [-0.1, -0.05) is 0 Å². The Kier molecular flexibility index (Phi) is 8.00. The Bertz CT molecular complexity index is 741. The number of nitrogens with zero attached hydrogens (tertiary/aromatic N) is 1. The Hall–Kier alpha value is -1.71. The first-order valence-electron chi connectivity index (χ1n) is 9.09. The van der Waals surface area contributed by atoms with Crippen molar-refractivity contribution in [3.63, 3.8) is 0 Å². The highest BCUT2D eigenvalue weighted by Crippen LogP contribution is 2.30. The fourth-order valence-electron chi connectivity index (χ4n) is 3.04. The van der Waals surface area contributed by atoms with Gasteiger partial charge in [-0.05, 0) is 44.4 Å². The lowest BCUT2D eigenvalue weighted by Gasteiger charge is -2.31. The van der Waals surface area contributed by atoms with Crippen LogP contribution >= 0.6 is 0 Å². The van der Waals surface area contributed by atoms with Crippen LogP contribution in [0.5, 0.6) is 5.75 Å². The molecule has 9 heteroatoms. The van der Waals surface area contributed by atoms with Crippen molar-refractivity contribution in [2.75, 3.05) is 40.0 Å². The predicted molar refractivity (Wildman–Crippen MR) is 98.6 cm³/mol. The fourth-order valence-corrected chi connectivity index (χ4v) is 4.73. The van der Waals surface area contributed by atoms with E-state index < -0.39 is 21.8 Å². The number of piperidine rings is 1. The summed E-state index contributed by atoms with van der Waals surface area (Å²) in [6.45, 7) is 3.95. The average molecular weight is 402 g/mol. The average Bonchev–Trinajstić information content (AvgIpc) is 2.67. The summed E-state index contributed by atoms with van der Waals surface area (Å²) in [6, 6.07) is 3.38. The third-order valence-corrected chi connectivity index (χ3v) is 6.35. The topological polar surface area (TPSA) is 84.9 Å². The van der Waals surface area contributed by atoms with Gasteiger partial charge in [0.2, 0.25) is 15.9 Å². The van der Waals surface area contributed by atoms with E-state index in [0.29, 0.717) is 39.0 Å². The van der Waals surface area contributed by atoms with E-state index in [4.69, 9.17) is 9.47 Å². The molecule has 1 aromatic rings. The van der Waals surface area contributed by atoms with Crippen LogP contribution in [-0.4, -0.2) is 58.6 Å².